The maximum Gasteiger partial charge on any atom is 0.129 e. The Balaban J connectivity index is 3.21. The van der Waals surface area contributed by atoms with Crippen LogP contribution in [-0.2, 0) is 0 Å². The minimum absolute atomic E-state index is 0.154. The maximum atomic E-state index is 13.3. The van der Waals surface area contributed by atoms with Gasteiger partial charge in [-0.3, -0.25) is 0 Å². The average Bonchev–Trinajstić information content (AvgIpc) is 2.15. The van der Waals surface area contributed by atoms with Crippen LogP contribution in [-0.4, -0.2) is 16.8 Å². The molecule has 0 amide bonds. The van der Waals surface area contributed by atoms with Gasteiger partial charge in [0.1, 0.15) is 5.82 Å². The summed E-state index contributed by atoms with van der Waals surface area (Å²) >= 11 is 5.78. The van der Waals surface area contributed by atoms with E-state index in [4.69, 9.17) is 16.7 Å². The zero-order valence-electron chi connectivity index (χ0n) is 7.74. The molecule has 0 fully saturated rings. The third-order valence-corrected chi connectivity index (χ3v) is 2.38. The van der Waals surface area contributed by atoms with Crippen molar-refractivity contribution in [2.45, 2.75) is 18.4 Å². The molecule has 2 unspecified atom stereocenters. The molecule has 14 heavy (non-hydrogen) atoms. The molecule has 0 heterocycles. The third-order valence-electron chi connectivity index (χ3n) is 2.00. The second kappa shape index (κ2) is 4.73. The Morgan fingerprint density at radius 3 is 2.64 bits per heavy atom. The quantitative estimate of drug-likeness (QED) is 0.764. The van der Waals surface area contributed by atoms with Crippen molar-refractivity contribution in [1.29, 1.82) is 0 Å². The van der Waals surface area contributed by atoms with Gasteiger partial charge in [-0.15, -0.1) is 11.6 Å². The van der Waals surface area contributed by atoms with Gasteiger partial charge in [0.25, 0.3) is 0 Å². The first-order chi connectivity index (χ1) is 6.57. The molecule has 0 saturated carbocycles. The molecule has 2 atom stereocenters. The lowest BCUT2D eigenvalue weighted by atomic mass is 10.00. The van der Waals surface area contributed by atoms with Crippen molar-refractivity contribution < 1.29 is 14.6 Å². The molecule has 0 spiro atoms. The Labute approximate surface area is 86.9 Å². The summed E-state index contributed by atoms with van der Waals surface area (Å²) in [5.41, 5.74) is 0.589. The van der Waals surface area contributed by atoms with E-state index in [0.29, 0.717) is 5.56 Å². The van der Waals surface area contributed by atoms with Crippen molar-refractivity contribution in [3.8, 4) is 0 Å². The van der Waals surface area contributed by atoms with E-state index in [2.05, 4.69) is 0 Å². The van der Waals surface area contributed by atoms with Gasteiger partial charge in [-0.1, -0.05) is 12.1 Å². The number of aliphatic hydroxyl groups is 2. The van der Waals surface area contributed by atoms with E-state index in [1.54, 1.807) is 6.07 Å². The van der Waals surface area contributed by atoms with Crippen LogP contribution in [0.5, 0.6) is 0 Å². The van der Waals surface area contributed by atoms with Gasteiger partial charge in [0, 0.05) is 5.56 Å². The Morgan fingerprint density at radius 2 is 2.14 bits per heavy atom. The minimum atomic E-state index is -0.931. The smallest absolute Gasteiger partial charge is 0.129 e. The van der Waals surface area contributed by atoms with E-state index in [-0.39, 0.29) is 12.2 Å². The highest BCUT2D eigenvalue weighted by molar-refractivity contribution is 6.21. The fourth-order valence-electron chi connectivity index (χ4n) is 1.37. The number of halogens is 2. The van der Waals surface area contributed by atoms with Crippen molar-refractivity contribution in [1.82, 2.24) is 0 Å². The zero-order chi connectivity index (χ0) is 10.7. The van der Waals surface area contributed by atoms with Crippen molar-refractivity contribution in [3.05, 3.63) is 35.1 Å². The molecule has 78 valence electrons. The van der Waals surface area contributed by atoms with Crippen molar-refractivity contribution in [2.24, 2.45) is 0 Å². The highest BCUT2D eigenvalue weighted by Crippen LogP contribution is 2.29. The first-order valence-corrected chi connectivity index (χ1v) is 4.73. The van der Waals surface area contributed by atoms with Crippen LogP contribution < -0.4 is 0 Å². The van der Waals surface area contributed by atoms with Crippen molar-refractivity contribution >= 4 is 11.6 Å². The highest BCUT2D eigenvalue weighted by atomic mass is 35.5. The lowest BCUT2D eigenvalue weighted by molar-refractivity contribution is 0.192. The van der Waals surface area contributed by atoms with Crippen LogP contribution in [0.15, 0.2) is 18.2 Å². The predicted octanol–water partition coefficient (Wildman–Crippen LogP) is 2.15. The second-order valence-electron chi connectivity index (χ2n) is 3.07. The molecule has 4 heteroatoms. The lowest BCUT2D eigenvalue weighted by Crippen LogP contribution is -2.06. The van der Waals surface area contributed by atoms with Gasteiger partial charge in [0.15, 0.2) is 0 Å². The summed E-state index contributed by atoms with van der Waals surface area (Å²) < 4.78 is 13.3. The molecule has 1 aromatic rings. The lowest BCUT2D eigenvalue weighted by Gasteiger charge is -2.15. The summed E-state index contributed by atoms with van der Waals surface area (Å²) in [5.74, 6) is -0.503. The number of rotatable bonds is 3. The van der Waals surface area contributed by atoms with Gasteiger partial charge < -0.3 is 10.2 Å². The summed E-state index contributed by atoms with van der Waals surface area (Å²) in [4.78, 5) is 0. The van der Waals surface area contributed by atoms with Crippen LogP contribution in [0.3, 0.4) is 0 Å². The standard InChI is InChI=1S/C10H12ClFO2/c1-6(14)10-7(8(11)5-13)3-2-4-9(10)12/h2-4,6,8,13-14H,5H2,1H3. The van der Waals surface area contributed by atoms with Gasteiger partial charge >= 0.3 is 0 Å². The number of alkyl halides is 1. The van der Waals surface area contributed by atoms with Crippen molar-refractivity contribution in [2.75, 3.05) is 6.61 Å². The van der Waals surface area contributed by atoms with Crippen LogP contribution in [0.1, 0.15) is 29.5 Å². The number of benzene rings is 1. The van der Waals surface area contributed by atoms with E-state index >= 15 is 0 Å². The molecule has 0 saturated heterocycles. The SMILES string of the molecule is CC(O)c1c(F)cccc1C(Cl)CO. The highest BCUT2D eigenvalue weighted by Gasteiger charge is 2.18. The van der Waals surface area contributed by atoms with E-state index < -0.39 is 17.3 Å². The summed E-state index contributed by atoms with van der Waals surface area (Å²) in [6.45, 7) is 1.17. The monoisotopic (exact) mass is 218 g/mol. The van der Waals surface area contributed by atoms with Crippen LogP contribution in [0.2, 0.25) is 0 Å². The van der Waals surface area contributed by atoms with Crippen molar-refractivity contribution in [3.63, 3.8) is 0 Å². The molecule has 0 aromatic heterocycles. The fraction of sp³-hybridized carbons (Fsp3) is 0.400. The number of aliphatic hydroxyl groups excluding tert-OH is 2. The molecular weight excluding hydrogens is 207 g/mol. The van der Waals surface area contributed by atoms with E-state index in [9.17, 15) is 9.50 Å². The van der Waals surface area contributed by atoms with Gasteiger partial charge in [-0.05, 0) is 18.6 Å². The van der Waals surface area contributed by atoms with E-state index in [0.717, 1.165) is 0 Å². The molecule has 2 nitrogen and oxygen atoms in total. The zero-order valence-corrected chi connectivity index (χ0v) is 8.50. The molecule has 0 radical (unpaired) electrons. The molecular formula is C10H12ClFO2. The molecule has 1 rings (SSSR count). The number of hydrogen-bond donors (Lipinski definition) is 2. The molecule has 0 bridgehead atoms. The number of hydrogen-bond acceptors (Lipinski definition) is 2. The normalized spacial score (nSPS) is 15.2. The maximum absolute atomic E-state index is 13.3. The first-order valence-electron chi connectivity index (χ1n) is 4.29. The second-order valence-corrected chi connectivity index (χ2v) is 3.60. The predicted molar refractivity (Wildman–Crippen MR) is 52.7 cm³/mol. The van der Waals surface area contributed by atoms with Gasteiger partial charge in [-0.25, -0.2) is 4.39 Å². The Hall–Kier alpha value is -0.640. The minimum Gasteiger partial charge on any atom is -0.394 e. The molecule has 0 aliphatic heterocycles. The van der Waals surface area contributed by atoms with E-state index in [1.165, 1.54) is 19.1 Å². The van der Waals surface area contributed by atoms with Crippen LogP contribution in [0, 0.1) is 5.82 Å². The van der Waals surface area contributed by atoms with Gasteiger partial charge in [0.05, 0.1) is 18.1 Å². The van der Waals surface area contributed by atoms with Gasteiger partial charge in [-0.2, -0.15) is 0 Å². The Bertz CT molecular complexity index is 315. The van der Waals surface area contributed by atoms with Crippen LogP contribution in [0.4, 0.5) is 4.39 Å². The third kappa shape index (κ3) is 2.23. The average molecular weight is 219 g/mol. The van der Waals surface area contributed by atoms with Crippen LogP contribution in [0.25, 0.3) is 0 Å². The van der Waals surface area contributed by atoms with Gasteiger partial charge in [0.2, 0.25) is 0 Å². The summed E-state index contributed by atoms with van der Waals surface area (Å²) in [7, 11) is 0. The summed E-state index contributed by atoms with van der Waals surface area (Å²) in [5, 5.41) is 17.5. The Kier molecular flexibility index (Phi) is 3.86. The summed E-state index contributed by atoms with van der Waals surface area (Å²) in [6.07, 6.45) is -0.931. The largest absolute Gasteiger partial charge is 0.394 e. The molecule has 0 aliphatic carbocycles. The molecule has 2 N–H and O–H groups in total. The summed E-state index contributed by atoms with van der Waals surface area (Å²) in [6, 6.07) is 4.35. The molecule has 0 aliphatic rings. The Morgan fingerprint density at radius 1 is 1.50 bits per heavy atom. The molecule has 1 aromatic carbocycles. The fourth-order valence-corrected chi connectivity index (χ4v) is 1.56. The first kappa shape index (κ1) is 11.4. The van der Waals surface area contributed by atoms with E-state index in [1.807, 2.05) is 0 Å². The topological polar surface area (TPSA) is 40.5 Å². The van der Waals surface area contributed by atoms with Crippen LogP contribution >= 0.6 is 11.6 Å².